The Morgan fingerprint density at radius 1 is 1.14 bits per heavy atom. The van der Waals surface area contributed by atoms with Crippen LogP contribution in [0.4, 0.5) is 13.2 Å². The number of halogens is 4. The van der Waals surface area contributed by atoms with Crippen molar-refractivity contribution in [1.29, 1.82) is 0 Å². The summed E-state index contributed by atoms with van der Waals surface area (Å²) in [4.78, 5) is 0. The highest BCUT2D eigenvalue weighted by Crippen LogP contribution is 2.33. The predicted molar refractivity (Wildman–Crippen MR) is 80.2 cm³/mol. The molecule has 0 fully saturated rings. The number of rotatable bonds is 9. The van der Waals surface area contributed by atoms with Crippen molar-refractivity contribution in [2.24, 2.45) is 0 Å². The maximum atomic E-state index is 12.9. The third kappa shape index (κ3) is 7.26. The summed E-state index contributed by atoms with van der Waals surface area (Å²) in [5, 5.41) is 6.21. The fourth-order valence-corrected chi connectivity index (χ4v) is 2.19. The van der Waals surface area contributed by atoms with Gasteiger partial charge in [0.2, 0.25) is 0 Å². The number of ether oxygens (including phenoxy) is 1. The first-order valence-corrected chi connectivity index (χ1v) is 7.50. The Labute approximate surface area is 131 Å². The van der Waals surface area contributed by atoms with Crippen LogP contribution in [0.3, 0.4) is 0 Å². The molecule has 0 heterocycles. The van der Waals surface area contributed by atoms with E-state index >= 15 is 0 Å². The minimum atomic E-state index is -4.33. The molecule has 7 heteroatoms. The summed E-state index contributed by atoms with van der Waals surface area (Å²) >= 11 is 3.07. The third-order valence-corrected chi connectivity index (χ3v) is 3.38. The molecule has 0 radical (unpaired) electrons. The number of hydrogen-bond donors (Lipinski definition) is 2. The summed E-state index contributed by atoms with van der Waals surface area (Å²) in [6, 6.07) is 4.23. The zero-order valence-corrected chi connectivity index (χ0v) is 13.5. The average Bonchev–Trinajstić information content (AvgIpc) is 2.42. The van der Waals surface area contributed by atoms with Gasteiger partial charge in [-0.15, -0.1) is 0 Å². The molecular weight excluding hydrogens is 349 g/mol. The van der Waals surface area contributed by atoms with Crippen LogP contribution in [0.5, 0.6) is 0 Å². The smallest absolute Gasteiger partial charge is 0.383 e. The normalized spacial score (nSPS) is 11.9. The van der Waals surface area contributed by atoms with E-state index in [4.69, 9.17) is 4.74 Å². The van der Waals surface area contributed by atoms with Crippen molar-refractivity contribution in [1.82, 2.24) is 10.6 Å². The molecule has 2 N–H and O–H groups in total. The van der Waals surface area contributed by atoms with Gasteiger partial charge in [0.25, 0.3) is 0 Å². The van der Waals surface area contributed by atoms with Crippen LogP contribution in [-0.4, -0.2) is 33.4 Å². The van der Waals surface area contributed by atoms with Gasteiger partial charge in [0.05, 0.1) is 12.2 Å². The molecule has 0 amide bonds. The molecule has 0 aliphatic rings. The van der Waals surface area contributed by atoms with E-state index in [9.17, 15) is 13.2 Å². The first kappa shape index (κ1) is 18.4. The standard InChI is InChI=1S/C14H20BrF3N2O/c1-21-8-7-19-5-2-6-20-10-11-3-4-12(15)9-13(11)14(16,17)18/h3-4,9,19-20H,2,5-8,10H2,1H3. The summed E-state index contributed by atoms with van der Waals surface area (Å²) in [5.41, 5.74) is -0.333. The van der Waals surface area contributed by atoms with Crippen LogP contribution >= 0.6 is 15.9 Å². The molecular formula is C14H20BrF3N2O. The molecule has 0 aliphatic carbocycles. The van der Waals surface area contributed by atoms with Gasteiger partial charge < -0.3 is 15.4 Å². The van der Waals surface area contributed by atoms with E-state index in [0.717, 1.165) is 25.6 Å². The third-order valence-electron chi connectivity index (χ3n) is 2.88. The number of nitrogens with one attached hydrogen (secondary N) is 2. The van der Waals surface area contributed by atoms with Gasteiger partial charge in [-0.1, -0.05) is 22.0 Å². The Morgan fingerprint density at radius 2 is 1.86 bits per heavy atom. The van der Waals surface area contributed by atoms with Crippen molar-refractivity contribution < 1.29 is 17.9 Å². The average molecular weight is 369 g/mol. The summed E-state index contributed by atoms with van der Waals surface area (Å²) < 4.78 is 44.0. The number of benzene rings is 1. The van der Waals surface area contributed by atoms with Gasteiger partial charge in [0.15, 0.2) is 0 Å². The van der Waals surface area contributed by atoms with Crippen LogP contribution in [0.2, 0.25) is 0 Å². The van der Waals surface area contributed by atoms with Gasteiger partial charge in [-0.3, -0.25) is 0 Å². The van der Waals surface area contributed by atoms with Crippen molar-refractivity contribution in [3.05, 3.63) is 33.8 Å². The lowest BCUT2D eigenvalue weighted by molar-refractivity contribution is -0.138. The molecule has 120 valence electrons. The fraction of sp³-hybridized carbons (Fsp3) is 0.571. The van der Waals surface area contributed by atoms with Gasteiger partial charge in [-0.2, -0.15) is 13.2 Å². The molecule has 0 aromatic heterocycles. The summed E-state index contributed by atoms with van der Waals surface area (Å²) in [5.74, 6) is 0. The monoisotopic (exact) mass is 368 g/mol. The van der Waals surface area contributed by atoms with Crippen LogP contribution in [0.25, 0.3) is 0 Å². The van der Waals surface area contributed by atoms with E-state index in [1.165, 1.54) is 6.07 Å². The number of alkyl halides is 3. The lowest BCUT2D eigenvalue weighted by Crippen LogP contribution is -2.25. The fourth-order valence-electron chi connectivity index (χ4n) is 1.83. The van der Waals surface area contributed by atoms with Crippen LogP contribution in [0.1, 0.15) is 17.5 Å². The van der Waals surface area contributed by atoms with Crippen molar-refractivity contribution >= 4 is 15.9 Å². The van der Waals surface area contributed by atoms with Crippen LogP contribution in [0.15, 0.2) is 22.7 Å². The predicted octanol–water partition coefficient (Wildman–Crippen LogP) is 3.18. The van der Waals surface area contributed by atoms with E-state index in [0.29, 0.717) is 17.6 Å². The number of hydrogen-bond acceptors (Lipinski definition) is 3. The SMILES string of the molecule is COCCNCCCNCc1ccc(Br)cc1C(F)(F)F. The van der Waals surface area contributed by atoms with Crippen molar-refractivity contribution in [2.75, 3.05) is 33.4 Å². The van der Waals surface area contributed by atoms with Gasteiger partial charge in [-0.25, -0.2) is 0 Å². The highest BCUT2D eigenvalue weighted by Gasteiger charge is 2.33. The van der Waals surface area contributed by atoms with Gasteiger partial charge in [0, 0.05) is 24.7 Å². The van der Waals surface area contributed by atoms with E-state index < -0.39 is 11.7 Å². The maximum Gasteiger partial charge on any atom is 0.416 e. The van der Waals surface area contributed by atoms with E-state index in [1.807, 2.05) is 0 Å². The molecule has 0 atom stereocenters. The Balaban J connectivity index is 2.35. The van der Waals surface area contributed by atoms with Crippen LogP contribution < -0.4 is 10.6 Å². The molecule has 0 unspecified atom stereocenters. The largest absolute Gasteiger partial charge is 0.416 e. The van der Waals surface area contributed by atoms with Gasteiger partial charge in [-0.05, 0) is 37.2 Å². The summed E-state index contributed by atoms with van der Waals surface area (Å²) in [6.07, 6.45) is -3.48. The molecule has 0 aliphatic heterocycles. The topological polar surface area (TPSA) is 33.3 Å². The first-order valence-electron chi connectivity index (χ1n) is 6.71. The second-order valence-electron chi connectivity index (χ2n) is 4.57. The molecule has 1 rings (SSSR count). The van der Waals surface area contributed by atoms with E-state index in [2.05, 4.69) is 26.6 Å². The van der Waals surface area contributed by atoms with Gasteiger partial charge >= 0.3 is 6.18 Å². The van der Waals surface area contributed by atoms with Crippen molar-refractivity contribution in [3.8, 4) is 0 Å². The molecule has 0 saturated carbocycles. The second-order valence-corrected chi connectivity index (χ2v) is 5.49. The maximum absolute atomic E-state index is 12.9. The van der Waals surface area contributed by atoms with Crippen LogP contribution in [-0.2, 0) is 17.5 Å². The minimum Gasteiger partial charge on any atom is -0.383 e. The Hall–Kier alpha value is -0.630. The molecule has 1 aromatic rings. The molecule has 0 bridgehead atoms. The lowest BCUT2D eigenvalue weighted by atomic mass is 10.1. The van der Waals surface area contributed by atoms with Crippen LogP contribution in [0, 0.1) is 0 Å². The molecule has 1 aromatic carbocycles. The zero-order valence-electron chi connectivity index (χ0n) is 11.9. The van der Waals surface area contributed by atoms with E-state index in [-0.39, 0.29) is 12.1 Å². The quantitative estimate of drug-likeness (QED) is 0.656. The molecule has 3 nitrogen and oxygen atoms in total. The summed E-state index contributed by atoms with van der Waals surface area (Å²) in [7, 11) is 1.64. The zero-order chi connectivity index (χ0) is 15.7. The van der Waals surface area contributed by atoms with Gasteiger partial charge in [0.1, 0.15) is 0 Å². The highest BCUT2D eigenvalue weighted by molar-refractivity contribution is 9.10. The number of methoxy groups -OCH3 is 1. The molecule has 0 spiro atoms. The first-order chi connectivity index (χ1) is 9.95. The Morgan fingerprint density at radius 3 is 2.52 bits per heavy atom. The minimum absolute atomic E-state index is 0.209. The second kappa shape index (κ2) is 9.40. The van der Waals surface area contributed by atoms with E-state index in [1.54, 1.807) is 13.2 Å². The van der Waals surface area contributed by atoms with Crippen molar-refractivity contribution in [3.63, 3.8) is 0 Å². The highest BCUT2D eigenvalue weighted by atomic mass is 79.9. The Kier molecular flexibility index (Phi) is 8.24. The summed E-state index contributed by atoms with van der Waals surface area (Å²) in [6.45, 7) is 3.11. The molecule has 0 saturated heterocycles. The molecule has 21 heavy (non-hydrogen) atoms. The van der Waals surface area contributed by atoms with Crippen molar-refractivity contribution in [2.45, 2.75) is 19.1 Å². The lowest BCUT2D eigenvalue weighted by Gasteiger charge is -2.14. The Bertz CT molecular complexity index is 427.